The summed E-state index contributed by atoms with van der Waals surface area (Å²) in [6, 6.07) is 2.10. The van der Waals surface area contributed by atoms with Crippen molar-refractivity contribution in [2.45, 2.75) is 41.0 Å². The molecule has 0 bridgehead atoms. The fourth-order valence-corrected chi connectivity index (χ4v) is 2.23. The Morgan fingerprint density at radius 1 is 1.25 bits per heavy atom. The van der Waals surface area contributed by atoms with Gasteiger partial charge in [0.15, 0.2) is 5.78 Å². The van der Waals surface area contributed by atoms with Crippen molar-refractivity contribution >= 4 is 11.9 Å². The molecule has 0 radical (unpaired) electrons. The van der Waals surface area contributed by atoms with Crippen molar-refractivity contribution in [3.05, 3.63) is 40.0 Å². The first-order valence-electron chi connectivity index (χ1n) is 5.77. The number of ketones is 1. The van der Waals surface area contributed by atoms with E-state index in [9.17, 15) is 4.79 Å². The SMILES string of the molecule is CCC=Cc1c(C)cc(C)c(C(C)=O)c1C. The molecule has 1 nitrogen and oxygen atoms in total. The van der Waals surface area contributed by atoms with Gasteiger partial charge in [0.2, 0.25) is 0 Å². The van der Waals surface area contributed by atoms with Gasteiger partial charge in [0, 0.05) is 5.56 Å². The summed E-state index contributed by atoms with van der Waals surface area (Å²) in [7, 11) is 0. The van der Waals surface area contributed by atoms with Crippen molar-refractivity contribution in [2.75, 3.05) is 0 Å². The normalized spacial score (nSPS) is 11.1. The van der Waals surface area contributed by atoms with E-state index in [0.29, 0.717) is 0 Å². The van der Waals surface area contributed by atoms with Crippen molar-refractivity contribution in [2.24, 2.45) is 0 Å². The molecule has 16 heavy (non-hydrogen) atoms. The third-order valence-corrected chi connectivity index (χ3v) is 2.90. The number of benzene rings is 1. The molecule has 0 spiro atoms. The Morgan fingerprint density at radius 2 is 1.88 bits per heavy atom. The highest BCUT2D eigenvalue weighted by molar-refractivity contribution is 5.98. The molecule has 0 atom stereocenters. The fraction of sp³-hybridized carbons (Fsp3) is 0.400. The first-order valence-corrected chi connectivity index (χ1v) is 5.77. The second-order valence-corrected chi connectivity index (χ2v) is 4.29. The zero-order valence-electron chi connectivity index (χ0n) is 10.8. The molecule has 0 aromatic heterocycles. The first kappa shape index (κ1) is 12.7. The van der Waals surface area contributed by atoms with Crippen LogP contribution in [0.25, 0.3) is 6.08 Å². The average molecular weight is 216 g/mol. The van der Waals surface area contributed by atoms with Crippen LogP contribution in [0, 0.1) is 20.8 Å². The predicted octanol–water partition coefficient (Wildman–Crippen LogP) is 4.24. The maximum Gasteiger partial charge on any atom is 0.160 e. The molecule has 0 saturated heterocycles. The zero-order chi connectivity index (χ0) is 12.3. The fourth-order valence-electron chi connectivity index (χ4n) is 2.23. The van der Waals surface area contributed by atoms with Crippen LogP contribution in [0.2, 0.25) is 0 Å². The smallest absolute Gasteiger partial charge is 0.160 e. The molecule has 0 heterocycles. The monoisotopic (exact) mass is 216 g/mol. The number of allylic oxidation sites excluding steroid dienone is 1. The minimum atomic E-state index is 0.154. The number of rotatable bonds is 3. The van der Waals surface area contributed by atoms with Crippen molar-refractivity contribution in [1.29, 1.82) is 0 Å². The van der Waals surface area contributed by atoms with Crippen LogP contribution in [-0.2, 0) is 0 Å². The van der Waals surface area contributed by atoms with E-state index in [0.717, 1.165) is 23.1 Å². The highest BCUT2D eigenvalue weighted by Gasteiger charge is 2.12. The quantitative estimate of drug-likeness (QED) is 0.691. The molecule has 1 aromatic carbocycles. The summed E-state index contributed by atoms with van der Waals surface area (Å²) in [5.74, 6) is 0.154. The number of carbonyl (C=O) groups excluding carboxylic acids is 1. The Balaban J connectivity index is 3.45. The number of Topliss-reactive ketones (excluding diaryl/α,β-unsaturated/α-hetero) is 1. The van der Waals surface area contributed by atoms with E-state index in [2.05, 4.69) is 32.1 Å². The summed E-state index contributed by atoms with van der Waals surface area (Å²) in [6.45, 7) is 9.88. The van der Waals surface area contributed by atoms with Crippen LogP contribution < -0.4 is 0 Å². The van der Waals surface area contributed by atoms with Gasteiger partial charge < -0.3 is 0 Å². The molecular formula is C15H20O. The molecule has 1 rings (SSSR count). The summed E-state index contributed by atoms with van der Waals surface area (Å²) in [5, 5.41) is 0. The van der Waals surface area contributed by atoms with E-state index in [-0.39, 0.29) is 5.78 Å². The standard InChI is InChI=1S/C15H20O/c1-6-7-8-14-10(2)9-11(3)15(12(14)4)13(5)16/h7-9H,6H2,1-5H3. The van der Waals surface area contributed by atoms with Gasteiger partial charge in [-0.3, -0.25) is 4.79 Å². The molecule has 0 fully saturated rings. The number of aryl methyl sites for hydroxylation is 2. The van der Waals surface area contributed by atoms with Gasteiger partial charge in [-0.2, -0.15) is 0 Å². The maximum atomic E-state index is 11.6. The topological polar surface area (TPSA) is 17.1 Å². The minimum absolute atomic E-state index is 0.154. The van der Waals surface area contributed by atoms with Crippen molar-refractivity contribution in [3.8, 4) is 0 Å². The molecule has 0 aliphatic heterocycles. The summed E-state index contributed by atoms with van der Waals surface area (Å²) >= 11 is 0. The van der Waals surface area contributed by atoms with Crippen LogP contribution >= 0.6 is 0 Å². The third kappa shape index (κ3) is 2.41. The van der Waals surface area contributed by atoms with E-state index >= 15 is 0 Å². The maximum absolute atomic E-state index is 11.6. The number of hydrogen-bond donors (Lipinski definition) is 0. The van der Waals surface area contributed by atoms with Gasteiger partial charge in [-0.15, -0.1) is 0 Å². The summed E-state index contributed by atoms with van der Waals surface area (Å²) in [5.41, 5.74) is 5.49. The second kappa shape index (κ2) is 5.11. The van der Waals surface area contributed by atoms with Gasteiger partial charge in [-0.05, 0) is 56.4 Å². The van der Waals surface area contributed by atoms with Crippen molar-refractivity contribution in [1.82, 2.24) is 0 Å². The first-order chi connectivity index (χ1) is 7.49. The van der Waals surface area contributed by atoms with Gasteiger partial charge in [0.05, 0.1) is 0 Å². The molecule has 86 valence electrons. The Labute approximate surface area is 98.2 Å². The lowest BCUT2D eigenvalue weighted by atomic mass is 9.91. The van der Waals surface area contributed by atoms with E-state index in [1.165, 1.54) is 11.1 Å². The number of hydrogen-bond acceptors (Lipinski definition) is 1. The van der Waals surface area contributed by atoms with Gasteiger partial charge >= 0.3 is 0 Å². The Morgan fingerprint density at radius 3 is 2.38 bits per heavy atom. The lowest BCUT2D eigenvalue weighted by molar-refractivity contribution is 0.101. The molecule has 0 unspecified atom stereocenters. The highest BCUT2D eigenvalue weighted by atomic mass is 16.1. The van der Waals surface area contributed by atoms with E-state index in [1.807, 2.05) is 13.8 Å². The van der Waals surface area contributed by atoms with Gasteiger partial charge in [0.1, 0.15) is 0 Å². The minimum Gasteiger partial charge on any atom is -0.294 e. The molecule has 0 N–H and O–H groups in total. The molecule has 1 aromatic rings. The molecular weight excluding hydrogens is 196 g/mol. The average Bonchev–Trinajstić information content (AvgIpc) is 2.16. The number of carbonyl (C=O) groups is 1. The van der Waals surface area contributed by atoms with E-state index in [1.54, 1.807) is 6.92 Å². The van der Waals surface area contributed by atoms with E-state index < -0.39 is 0 Å². The molecule has 0 aliphatic rings. The van der Waals surface area contributed by atoms with Crippen LogP contribution in [0.15, 0.2) is 12.1 Å². The summed E-state index contributed by atoms with van der Waals surface area (Å²) in [6.07, 6.45) is 5.27. The lowest BCUT2D eigenvalue weighted by Crippen LogP contribution is -2.03. The van der Waals surface area contributed by atoms with Crippen molar-refractivity contribution < 1.29 is 4.79 Å². The highest BCUT2D eigenvalue weighted by Crippen LogP contribution is 2.24. The van der Waals surface area contributed by atoms with Crippen LogP contribution in [-0.4, -0.2) is 5.78 Å². The predicted molar refractivity (Wildman–Crippen MR) is 70.0 cm³/mol. The second-order valence-electron chi connectivity index (χ2n) is 4.29. The summed E-state index contributed by atoms with van der Waals surface area (Å²) < 4.78 is 0. The molecule has 0 aliphatic carbocycles. The van der Waals surface area contributed by atoms with Crippen LogP contribution in [0.5, 0.6) is 0 Å². The van der Waals surface area contributed by atoms with Crippen LogP contribution in [0.3, 0.4) is 0 Å². The van der Waals surface area contributed by atoms with Crippen LogP contribution in [0.1, 0.15) is 52.9 Å². The van der Waals surface area contributed by atoms with E-state index in [4.69, 9.17) is 0 Å². The molecule has 0 amide bonds. The van der Waals surface area contributed by atoms with Gasteiger partial charge in [0.25, 0.3) is 0 Å². The Hall–Kier alpha value is -1.37. The van der Waals surface area contributed by atoms with Gasteiger partial charge in [-0.25, -0.2) is 0 Å². The Kier molecular flexibility index (Phi) is 4.05. The lowest BCUT2D eigenvalue weighted by Gasteiger charge is -2.13. The van der Waals surface area contributed by atoms with Crippen LogP contribution in [0.4, 0.5) is 0 Å². The molecule has 0 saturated carbocycles. The molecule has 1 heteroatoms. The summed E-state index contributed by atoms with van der Waals surface area (Å²) in [4.78, 5) is 11.6. The largest absolute Gasteiger partial charge is 0.294 e. The Bertz CT molecular complexity index is 439. The van der Waals surface area contributed by atoms with Gasteiger partial charge in [-0.1, -0.05) is 25.1 Å². The zero-order valence-corrected chi connectivity index (χ0v) is 10.8. The van der Waals surface area contributed by atoms with Crippen molar-refractivity contribution in [3.63, 3.8) is 0 Å². The third-order valence-electron chi connectivity index (χ3n) is 2.90.